The molecule has 1 heterocycles. The topological polar surface area (TPSA) is 77.5 Å². The molecule has 3 N–H and O–H groups in total. The number of benzene rings is 1. The molecule has 0 atom stereocenters. The highest BCUT2D eigenvalue weighted by Crippen LogP contribution is 2.24. The van der Waals surface area contributed by atoms with Crippen LogP contribution in [0.5, 0.6) is 5.75 Å². The Morgan fingerprint density at radius 2 is 2.16 bits per heavy atom. The lowest BCUT2D eigenvalue weighted by Crippen LogP contribution is -2.23. The summed E-state index contributed by atoms with van der Waals surface area (Å²) in [4.78, 5) is 12.0. The van der Waals surface area contributed by atoms with Gasteiger partial charge in [-0.3, -0.25) is 4.79 Å². The van der Waals surface area contributed by atoms with Crippen LogP contribution in [0, 0.1) is 6.92 Å². The van der Waals surface area contributed by atoms with Gasteiger partial charge in [0.2, 0.25) is 0 Å². The van der Waals surface area contributed by atoms with Crippen molar-refractivity contribution < 1.29 is 13.9 Å². The van der Waals surface area contributed by atoms with E-state index in [0.717, 1.165) is 5.76 Å². The highest BCUT2D eigenvalue weighted by molar-refractivity contribution is 6.00. The van der Waals surface area contributed by atoms with E-state index in [-0.39, 0.29) is 5.91 Å². The van der Waals surface area contributed by atoms with E-state index in [1.54, 1.807) is 18.2 Å². The fourth-order valence-corrected chi connectivity index (χ4v) is 1.76. The van der Waals surface area contributed by atoms with Gasteiger partial charge in [-0.15, -0.1) is 0 Å². The van der Waals surface area contributed by atoms with Gasteiger partial charge in [-0.1, -0.05) is 6.07 Å². The van der Waals surface area contributed by atoms with Gasteiger partial charge < -0.3 is 20.2 Å². The molecule has 100 valence electrons. The maximum Gasteiger partial charge on any atom is 0.253 e. The van der Waals surface area contributed by atoms with Crippen LogP contribution in [0.2, 0.25) is 0 Å². The van der Waals surface area contributed by atoms with Gasteiger partial charge in [0.15, 0.2) is 0 Å². The average Bonchev–Trinajstić information content (AvgIpc) is 2.82. The number of methoxy groups -OCH3 is 1. The fraction of sp³-hybridized carbons (Fsp3) is 0.214. The number of carbonyl (C=O) groups excluding carboxylic acids is 1. The summed E-state index contributed by atoms with van der Waals surface area (Å²) in [7, 11) is 1.51. The van der Waals surface area contributed by atoms with Crippen molar-refractivity contribution in [1.29, 1.82) is 0 Å². The molecule has 1 aromatic carbocycles. The summed E-state index contributed by atoms with van der Waals surface area (Å²) in [5.41, 5.74) is 6.58. The molecule has 0 aliphatic rings. The number of ether oxygens (including phenoxy) is 1. The fourth-order valence-electron chi connectivity index (χ4n) is 1.76. The Balaban J connectivity index is 2.08. The zero-order valence-electron chi connectivity index (χ0n) is 10.9. The standard InChI is InChI=1S/C14H16N2O3/c1-9-6-7-10(19-9)8-16-14(17)11-4-3-5-12(18-2)13(11)15/h3-7H,8,15H2,1-2H3,(H,16,17). The summed E-state index contributed by atoms with van der Waals surface area (Å²) in [6.07, 6.45) is 0. The first kappa shape index (κ1) is 13.0. The second-order valence-corrected chi connectivity index (χ2v) is 4.12. The molecule has 0 aliphatic heterocycles. The average molecular weight is 260 g/mol. The Morgan fingerprint density at radius 1 is 1.37 bits per heavy atom. The first-order valence-electron chi connectivity index (χ1n) is 5.88. The van der Waals surface area contributed by atoms with Gasteiger partial charge in [-0.2, -0.15) is 0 Å². The normalized spacial score (nSPS) is 10.2. The van der Waals surface area contributed by atoms with Gasteiger partial charge in [-0.05, 0) is 31.2 Å². The number of amides is 1. The van der Waals surface area contributed by atoms with Crippen LogP contribution in [0.15, 0.2) is 34.7 Å². The first-order valence-corrected chi connectivity index (χ1v) is 5.88. The minimum Gasteiger partial charge on any atom is -0.495 e. The van der Waals surface area contributed by atoms with E-state index in [1.807, 2.05) is 19.1 Å². The lowest BCUT2D eigenvalue weighted by molar-refractivity contribution is 0.0948. The molecule has 0 saturated heterocycles. The number of nitrogens with two attached hydrogens (primary N) is 1. The Labute approximate surface area is 111 Å². The third kappa shape index (κ3) is 2.88. The van der Waals surface area contributed by atoms with Crippen LogP contribution in [0.25, 0.3) is 0 Å². The molecule has 0 bridgehead atoms. The summed E-state index contributed by atoms with van der Waals surface area (Å²) in [6.45, 7) is 2.18. The van der Waals surface area contributed by atoms with Crippen LogP contribution >= 0.6 is 0 Å². The lowest BCUT2D eigenvalue weighted by Gasteiger charge is -2.09. The zero-order chi connectivity index (χ0) is 13.8. The van der Waals surface area contributed by atoms with E-state index in [2.05, 4.69) is 5.32 Å². The number of nitrogen functional groups attached to an aromatic ring is 1. The molecular formula is C14H16N2O3. The maximum atomic E-state index is 12.0. The number of furan rings is 1. The minimum atomic E-state index is -0.259. The van der Waals surface area contributed by atoms with Gasteiger partial charge in [0.1, 0.15) is 17.3 Å². The Morgan fingerprint density at radius 3 is 2.79 bits per heavy atom. The molecule has 2 rings (SSSR count). The van der Waals surface area contributed by atoms with Crippen LogP contribution in [-0.4, -0.2) is 13.0 Å². The van der Waals surface area contributed by atoms with Crippen molar-refractivity contribution in [3.05, 3.63) is 47.4 Å². The third-order valence-corrected chi connectivity index (χ3v) is 2.75. The molecule has 5 heteroatoms. The third-order valence-electron chi connectivity index (χ3n) is 2.75. The number of hydrogen-bond acceptors (Lipinski definition) is 4. The molecule has 1 aromatic heterocycles. The zero-order valence-corrected chi connectivity index (χ0v) is 10.9. The summed E-state index contributed by atoms with van der Waals surface area (Å²) in [5.74, 6) is 1.74. The number of nitrogens with one attached hydrogen (secondary N) is 1. The van der Waals surface area contributed by atoms with E-state index in [1.165, 1.54) is 7.11 Å². The molecule has 2 aromatic rings. The number of hydrogen-bond donors (Lipinski definition) is 2. The van der Waals surface area contributed by atoms with Gasteiger partial charge >= 0.3 is 0 Å². The first-order chi connectivity index (χ1) is 9.11. The molecule has 0 aliphatic carbocycles. The van der Waals surface area contributed by atoms with E-state index < -0.39 is 0 Å². The Kier molecular flexibility index (Phi) is 3.75. The summed E-state index contributed by atoms with van der Waals surface area (Å²) in [6, 6.07) is 8.76. The predicted octanol–water partition coefficient (Wildman–Crippen LogP) is 2.11. The second-order valence-electron chi connectivity index (χ2n) is 4.12. The molecule has 0 unspecified atom stereocenters. The highest BCUT2D eigenvalue weighted by atomic mass is 16.5. The lowest BCUT2D eigenvalue weighted by atomic mass is 10.1. The molecule has 0 fully saturated rings. The van der Waals surface area contributed by atoms with Crippen molar-refractivity contribution in [3.63, 3.8) is 0 Å². The van der Waals surface area contributed by atoms with Crippen LogP contribution < -0.4 is 15.8 Å². The van der Waals surface area contributed by atoms with Crippen LogP contribution in [0.4, 0.5) is 5.69 Å². The van der Waals surface area contributed by atoms with E-state index in [0.29, 0.717) is 29.3 Å². The van der Waals surface area contributed by atoms with E-state index >= 15 is 0 Å². The number of para-hydroxylation sites is 1. The van der Waals surface area contributed by atoms with E-state index in [9.17, 15) is 4.79 Å². The van der Waals surface area contributed by atoms with Crippen molar-refractivity contribution >= 4 is 11.6 Å². The summed E-state index contributed by atoms with van der Waals surface area (Å²) in [5, 5.41) is 2.75. The predicted molar refractivity (Wildman–Crippen MR) is 72.0 cm³/mol. The molecule has 0 spiro atoms. The van der Waals surface area contributed by atoms with Crippen LogP contribution in [-0.2, 0) is 6.54 Å². The van der Waals surface area contributed by atoms with Crippen molar-refractivity contribution in [3.8, 4) is 5.75 Å². The number of anilines is 1. The number of aryl methyl sites for hydroxylation is 1. The molecule has 19 heavy (non-hydrogen) atoms. The number of rotatable bonds is 4. The van der Waals surface area contributed by atoms with Gasteiger partial charge in [0.05, 0.1) is 24.9 Å². The van der Waals surface area contributed by atoms with Crippen molar-refractivity contribution in [2.24, 2.45) is 0 Å². The molecule has 5 nitrogen and oxygen atoms in total. The Hall–Kier alpha value is -2.43. The molecule has 0 saturated carbocycles. The number of carbonyl (C=O) groups is 1. The summed E-state index contributed by atoms with van der Waals surface area (Å²) < 4.78 is 10.5. The quantitative estimate of drug-likeness (QED) is 0.825. The largest absolute Gasteiger partial charge is 0.495 e. The van der Waals surface area contributed by atoms with Gasteiger partial charge in [0, 0.05) is 0 Å². The van der Waals surface area contributed by atoms with Crippen molar-refractivity contribution in [2.45, 2.75) is 13.5 Å². The van der Waals surface area contributed by atoms with Crippen LogP contribution in [0.1, 0.15) is 21.9 Å². The molecular weight excluding hydrogens is 244 g/mol. The monoisotopic (exact) mass is 260 g/mol. The van der Waals surface area contributed by atoms with Crippen molar-refractivity contribution in [2.75, 3.05) is 12.8 Å². The molecule has 1 amide bonds. The second kappa shape index (κ2) is 5.48. The SMILES string of the molecule is COc1cccc(C(=O)NCc2ccc(C)o2)c1N. The van der Waals surface area contributed by atoms with Crippen LogP contribution in [0.3, 0.4) is 0 Å². The Bertz CT molecular complexity index is 590. The maximum absolute atomic E-state index is 12.0. The minimum absolute atomic E-state index is 0.259. The van der Waals surface area contributed by atoms with Gasteiger partial charge in [0.25, 0.3) is 5.91 Å². The smallest absolute Gasteiger partial charge is 0.253 e. The summed E-state index contributed by atoms with van der Waals surface area (Å²) >= 11 is 0. The van der Waals surface area contributed by atoms with E-state index in [4.69, 9.17) is 14.9 Å². The van der Waals surface area contributed by atoms with Gasteiger partial charge in [-0.25, -0.2) is 0 Å². The van der Waals surface area contributed by atoms with Crippen molar-refractivity contribution in [1.82, 2.24) is 5.32 Å². The highest BCUT2D eigenvalue weighted by Gasteiger charge is 2.13. The molecule has 0 radical (unpaired) electrons.